The molecule has 126 valence electrons. The van der Waals surface area contributed by atoms with Gasteiger partial charge < -0.3 is 20.6 Å². The van der Waals surface area contributed by atoms with Crippen LogP contribution in [0.4, 0.5) is 10.5 Å². The van der Waals surface area contributed by atoms with Crippen LogP contribution in [0.1, 0.15) is 19.8 Å². The van der Waals surface area contributed by atoms with E-state index in [1.54, 1.807) is 11.8 Å². The Morgan fingerprint density at radius 3 is 2.83 bits per heavy atom. The maximum atomic E-state index is 12.4. The van der Waals surface area contributed by atoms with E-state index in [1.165, 1.54) is 9.80 Å². The Kier molecular flexibility index (Phi) is 6.73. The Morgan fingerprint density at radius 2 is 2.17 bits per heavy atom. The summed E-state index contributed by atoms with van der Waals surface area (Å²) < 4.78 is 0. The van der Waals surface area contributed by atoms with E-state index in [0.717, 1.165) is 12.2 Å². The Labute approximate surface area is 140 Å². The second kappa shape index (κ2) is 8.79. The molecule has 3 N–H and O–H groups in total. The second-order valence-corrected chi connectivity index (χ2v) is 6.48. The number of carbonyl (C=O) groups excluding carboxylic acids is 2. The van der Waals surface area contributed by atoms with Crippen LogP contribution in [-0.4, -0.2) is 53.4 Å². The van der Waals surface area contributed by atoms with Crippen molar-refractivity contribution in [2.24, 2.45) is 0 Å². The molecule has 0 aromatic heterocycles. The molecule has 1 atom stereocenters. The van der Waals surface area contributed by atoms with E-state index in [2.05, 4.69) is 17.6 Å². The summed E-state index contributed by atoms with van der Waals surface area (Å²) in [6.45, 7) is 2.87. The monoisotopic (exact) mass is 337 g/mol. The lowest BCUT2D eigenvalue weighted by Crippen LogP contribution is -2.58. The second-order valence-electron chi connectivity index (χ2n) is 5.32. The van der Waals surface area contributed by atoms with Gasteiger partial charge in [-0.15, -0.1) is 11.8 Å². The van der Waals surface area contributed by atoms with Gasteiger partial charge in [0.15, 0.2) is 0 Å². The molecule has 1 aromatic rings. The molecule has 2 rings (SSSR count). The van der Waals surface area contributed by atoms with Crippen LogP contribution in [0.15, 0.2) is 29.2 Å². The minimum absolute atomic E-state index is 0.134. The predicted octanol–water partition coefficient (Wildman–Crippen LogP) is 1.90. The summed E-state index contributed by atoms with van der Waals surface area (Å²) in [5.74, 6) is 0.851. The fraction of sp³-hybridized carbons (Fsp3) is 0.500. The number of nitrogens with one attached hydrogen (secondary N) is 2. The minimum atomic E-state index is -0.617. The first kappa shape index (κ1) is 17.6. The lowest BCUT2D eigenvalue weighted by atomic mass is 10.1. The van der Waals surface area contributed by atoms with Crippen molar-refractivity contribution in [3.05, 3.63) is 24.3 Å². The first-order valence-electron chi connectivity index (χ1n) is 7.84. The maximum Gasteiger partial charge on any atom is 0.322 e. The number of rotatable bonds is 6. The molecule has 1 aliphatic heterocycles. The molecule has 6 nitrogen and oxygen atoms in total. The fourth-order valence-electron chi connectivity index (χ4n) is 2.42. The summed E-state index contributed by atoms with van der Waals surface area (Å²) in [6, 6.07) is 6.75. The van der Waals surface area contributed by atoms with Gasteiger partial charge in [-0.2, -0.15) is 0 Å². The third-order valence-corrected chi connectivity index (χ3v) is 4.79. The molecular formula is C16H23N3O3S. The van der Waals surface area contributed by atoms with Crippen LogP contribution in [0.5, 0.6) is 0 Å². The molecule has 3 amide bonds. The molecule has 0 radical (unpaired) electrons. The number of piperazine rings is 1. The lowest BCUT2D eigenvalue weighted by Gasteiger charge is -2.34. The standard InChI is InChI=1S/C16H23N3O3S/c1-2-11-23-13-5-3-12(4-6-13)18-16(22)19-9-8-17-15(21)14(19)7-10-20/h3-6,14,20H,2,7-11H2,1H3,(H,17,21)(H,18,22)/t14-/m1/s1. The summed E-state index contributed by atoms with van der Waals surface area (Å²) in [4.78, 5) is 26.9. The summed E-state index contributed by atoms with van der Waals surface area (Å²) in [7, 11) is 0. The zero-order valence-electron chi connectivity index (χ0n) is 13.2. The molecule has 0 saturated carbocycles. The smallest absolute Gasteiger partial charge is 0.322 e. The number of hydrogen-bond acceptors (Lipinski definition) is 4. The Balaban J connectivity index is 1.98. The first-order valence-corrected chi connectivity index (χ1v) is 8.83. The quantitative estimate of drug-likeness (QED) is 0.693. The molecule has 7 heteroatoms. The third kappa shape index (κ3) is 4.87. The van der Waals surface area contributed by atoms with Gasteiger partial charge in [-0.3, -0.25) is 4.79 Å². The molecule has 23 heavy (non-hydrogen) atoms. The van der Waals surface area contributed by atoms with Gasteiger partial charge in [0.25, 0.3) is 0 Å². The molecule has 0 aliphatic carbocycles. The molecule has 1 aliphatic rings. The van der Waals surface area contributed by atoms with Gasteiger partial charge in [-0.1, -0.05) is 6.92 Å². The number of aliphatic hydroxyl groups is 1. The van der Waals surface area contributed by atoms with Crippen molar-refractivity contribution in [3.63, 3.8) is 0 Å². The summed E-state index contributed by atoms with van der Waals surface area (Å²) in [6.07, 6.45) is 1.36. The minimum Gasteiger partial charge on any atom is -0.396 e. The van der Waals surface area contributed by atoms with Gasteiger partial charge in [-0.25, -0.2) is 4.79 Å². The number of carbonyl (C=O) groups is 2. The highest BCUT2D eigenvalue weighted by Crippen LogP contribution is 2.21. The molecule has 1 fully saturated rings. The van der Waals surface area contributed by atoms with Crippen LogP contribution >= 0.6 is 11.8 Å². The van der Waals surface area contributed by atoms with Gasteiger partial charge in [0.1, 0.15) is 6.04 Å². The summed E-state index contributed by atoms with van der Waals surface area (Å²) in [5, 5.41) is 14.6. The van der Waals surface area contributed by atoms with Crippen LogP contribution in [0, 0.1) is 0 Å². The number of thioether (sulfide) groups is 1. The number of anilines is 1. The van der Waals surface area contributed by atoms with Crippen LogP contribution < -0.4 is 10.6 Å². The first-order chi connectivity index (χ1) is 11.2. The Morgan fingerprint density at radius 1 is 1.43 bits per heavy atom. The predicted molar refractivity (Wildman–Crippen MR) is 91.7 cm³/mol. The fourth-order valence-corrected chi connectivity index (χ4v) is 3.19. The van der Waals surface area contributed by atoms with Gasteiger partial charge in [-0.05, 0) is 42.9 Å². The number of aliphatic hydroxyl groups excluding tert-OH is 1. The molecule has 1 saturated heterocycles. The molecular weight excluding hydrogens is 314 g/mol. The van der Waals surface area contributed by atoms with E-state index in [9.17, 15) is 9.59 Å². The lowest BCUT2D eigenvalue weighted by molar-refractivity contribution is -0.128. The highest BCUT2D eigenvalue weighted by molar-refractivity contribution is 7.99. The van der Waals surface area contributed by atoms with E-state index in [0.29, 0.717) is 18.8 Å². The highest BCUT2D eigenvalue weighted by Gasteiger charge is 2.32. The van der Waals surface area contributed by atoms with Gasteiger partial charge in [0, 0.05) is 30.3 Å². The number of urea groups is 1. The van der Waals surface area contributed by atoms with Gasteiger partial charge >= 0.3 is 6.03 Å². The molecule has 0 unspecified atom stereocenters. The SMILES string of the molecule is CCCSc1ccc(NC(=O)N2CCNC(=O)[C@H]2CCO)cc1. The molecule has 0 spiro atoms. The topological polar surface area (TPSA) is 81.7 Å². The number of benzene rings is 1. The average Bonchev–Trinajstić information content (AvgIpc) is 2.56. The van der Waals surface area contributed by atoms with E-state index in [4.69, 9.17) is 5.11 Å². The van der Waals surface area contributed by atoms with Crippen molar-refractivity contribution in [3.8, 4) is 0 Å². The van der Waals surface area contributed by atoms with Crippen LogP contribution in [-0.2, 0) is 4.79 Å². The van der Waals surface area contributed by atoms with Gasteiger partial charge in [0.05, 0.1) is 0 Å². The average molecular weight is 337 g/mol. The van der Waals surface area contributed by atoms with Crippen molar-refractivity contribution in [2.45, 2.75) is 30.7 Å². The van der Waals surface area contributed by atoms with Crippen molar-refractivity contribution in [2.75, 3.05) is 30.8 Å². The molecule has 1 heterocycles. The Hall–Kier alpha value is -1.73. The highest BCUT2D eigenvalue weighted by atomic mass is 32.2. The van der Waals surface area contributed by atoms with Crippen molar-refractivity contribution >= 4 is 29.4 Å². The molecule has 0 bridgehead atoms. The largest absolute Gasteiger partial charge is 0.396 e. The van der Waals surface area contributed by atoms with Crippen LogP contribution in [0.25, 0.3) is 0 Å². The summed E-state index contributed by atoms with van der Waals surface area (Å²) >= 11 is 1.78. The van der Waals surface area contributed by atoms with Crippen molar-refractivity contribution in [1.82, 2.24) is 10.2 Å². The van der Waals surface area contributed by atoms with E-state index in [1.807, 2.05) is 24.3 Å². The van der Waals surface area contributed by atoms with Crippen LogP contribution in [0.2, 0.25) is 0 Å². The zero-order chi connectivity index (χ0) is 16.7. The van der Waals surface area contributed by atoms with E-state index in [-0.39, 0.29) is 25.0 Å². The normalized spacial score (nSPS) is 17.7. The number of amides is 3. The number of nitrogens with zero attached hydrogens (tertiary/aromatic N) is 1. The third-order valence-electron chi connectivity index (χ3n) is 3.57. The van der Waals surface area contributed by atoms with Crippen LogP contribution in [0.3, 0.4) is 0 Å². The number of hydrogen-bond donors (Lipinski definition) is 3. The molecule has 1 aromatic carbocycles. The Bertz CT molecular complexity index is 536. The van der Waals surface area contributed by atoms with Gasteiger partial charge in [0.2, 0.25) is 5.91 Å². The van der Waals surface area contributed by atoms with Crippen molar-refractivity contribution in [1.29, 1.82) is 0 Å². The maximum absolute atomic E-state index is 12.4. The zero-order valence-corrected chi connectivity index (χ0v) is 14.1. The van der Waals surface area contributed by atoms with E-state index < -0.39 is 6.04 Å². The van der Waals surface area contributed by atoms with E-state index >= 15 is 0 Å². The summed E-state index contributed by atoms with van der Waals surface area (Å²) in [5.41, 5.74) is 0.699. The van der Waals surface area contributed by atoms with Crippen molar-refractivity contribution < 1.29 is 14.7 Å².